The van der Waals surface area contributed by atoms with Crippen LogP contribution in [0.5, 0.6) is 0 Å². The number of sulfonamides is 1. The van der Waals surface area contributed by atoms with Crippen LogP contribution in [0.4, 0.5) is 11.5 Å². The van der Waals surface area contributed by atoms with Gasteiger partial charge >= 0.3 is 5.69 Å². The summed E-state index contributed by atoms with van der Waals surface area (Å²) in [6.45, 7) is 4.54. The first-order valence-electron chi connectivity index (χ1n) is 6.55. The van der Waals surface area contributed by atoms with Crippen molar-refractivity contribution in [2.45, 2.75) is 20.3 Å². The Morgan fingerprint density at radius 1 is 1.48 bits per heavy atom. The Hall–Kier alpha value is -1.68. The van der Waals surface area contributed by atoms with Gasteiger partial charge in [-0.2, -0.15) is 5.10 Å². The molecule has 1 heterocycles. The van der Waals surface area contributed by atoms with Gasteiger partial charge in [0.1, 0.15) is 5.69 Å². The predicted molar refractivity (Wildman–Crippen MR) is 79.8 cm³/mol. The molecule has 0 radical (unpaired) electrons. The van der Waals surface area contributed by atoms with Crippen LogP contribution >= 0.6 is 0 Å². The zero-order valence-corrected chi connectivity index (χ0v) is 13.5. The van der Waals surface area contributed by atoms with Crippen molar-refractivity contribution in [1.29, 1.82) is 0 Å². The number of aromatic nitrogens is 2. The molecule has 0 saturated carbocycles. The number of nitrogens with one attached hydrogen (secondary N) is 1. The van der Waals surface area contributed by atoms with Crippen molar-refractivity contribution in [2.24, 2.45) is 7.05 Å². The lowest BCUT2D eigenvalue weighted by molar-refractivity contribution is -0.384. The van der Waals surface area contributed by atoms with Crippen LogP contribution in [0.3, 0.4) is 0 Å². The number of rotatable bonds is 8. The molecule has 0 bridgehead atoms. The molecule has 0 atom stereocenters. The maximum Gasteiger partial charge on any atom is 0.333 e. The minimum atomic E-state index is -3.21. The van der Waals surface area contributed by atoms with E-state index in [9.17, 15) is 18.5 Å². The first-order valence-corrected chi connectivity index (χ1v) is 8.40. The van der Waals surface area contributed by atoms with Crippen LogP contribution in [0.2, 0.25) is 0 Å². The first kappa shape index (κ1) is 17.4. The van der Waals surface area contributed by atoms with Crippen LogP contribution in [-0.2, 0) is 17.1 Å². The zero-order chi connectivity index (χ0) is 16.2. The van der Waals surface area contributed by atoms with E-state index in [2.05, 4.69) is 10.4 Å². The fourth-order valence-corrected chi connectivity index (χ4v) is 3.01. The highest BCUT2D eigenvalue weighted by Gasteiger charge is 2.23. The molecule has 1 rings (SSSR count). The van der Waals surface area contributed by atoms with Crippen LogP contribution in [0.15, 0.2) is 0 Å². The highest BCUT2D eigenvalue weighted by atomic mass is 32.2. The van der Waals surface area contributed by atoms with E-state index in [1.807, 2.05) is 0 Å². The van der Waals surface area contributed by atoms with Gasteiger partial charge in [-0.15, -0.1) is 0 Å². The lowest BCUT2D eigenvalue weighted by atomic mass is 10.3. The smallest absolute Gasteiger partial charge is 0.333 e. The van der Waals surface area contributed by atoms with E-state index in [0.29, 0.717) is 37.6 Å². The first-order chi connectivity index (χ1) is 9.68. The van der Waals surface area contributed by atoms with Gasteiger partial charge in [0.15, 0.2) is 0 Å². The summed E-state index contributed by atoms with van der Waals surface area (Å²) in [5.74, 6) is 0.333. The maximum absolute atomic E-state index is 11.4. The second-order valence-corrected chi connectivity index (χ2v) is 6.68. The molecule has 0 amide bonds. The van der Waals surface area contributed by atoms with E-state index in [-0.39, 0.29) is 5.69 Å². The molecule has 0 aliphatic heterocycles. The van der Waals surface area contributed by atoms with Crippen molar-refractivity contribution in [3.05, 3.63) is 15.8 Å². The SMILES string of the molecule is CCN(CCCNc1c([N+](=O)[O-])c(C)nn1C)S(C)(=O)=O. The van der Waals surface area contributed by atoms with Gasteiger partial charge < -0.3 is 5.32 Å². The fourth-order valence-electron chi connectivity index (χ4n) is 2.08. The molecule has 1 aromatic heterocycles. The fraction of sp³-hybridized carbons (Fsp3) is 0.727. The van der Waals surface area contributed by atoms with E-state index in [1.54, 1.807) is 20.9 Å². The summed E-state index contributed by atoms with van der Waals surface area (Å²) in [5.41, 5.74) is 0.296. The predicted octanol–water partition coefficient (Wildman–Crippen LogP) is 0.720. The Morgan fingerprint density at radius 3 is 2.57 bits per heavy atom. The van der Waals surface area contributed by atoms with Gasteiger partial charge in [0.05, 0.1) is 11.2 Å². The van der Waals surface area contributed by atoms with Crippen LogP contribution in [0.1, 0.15) is 19.0 Å². The minimum absolute atomic E-state index is 0.0482. The lowest BCUT2D eigenvalue weighted by Crippen LogP contribution is -2.31. The molecule has 0 aliphatic carbocycles. The largest absolute Gasteiger partial charge is 0.364 e. The molecule has 0 aromatic carbocycles. The van der Waals surface area contributed by atoms with E-state index >= 15 is 0 Å². The normalized spacial score (nSPS) is 11.9. The molecule has 1 aromatic rings. The van der Waals surface area contributed by atoms with Gasteiger partial charge in [0.2, 0.25) is 15.8 Å². The second kappa shape index (κ2) is 6.85. The van der Waals surface area contributed by atoms with Crippen LogP contribution in [0, 0.1) is 17.0 Å². The van der Waals surface area contributed by atoms with Crippen LogP contribution in [-0.4, -0.2) is 53.3 Å². The molecule has 0 unspecified atom stereocenters. The van der Waals surface area contributed by atoms with Crippen molar-refractivity contribution >= 4 is 21.5 Å². The average Bonchev–Trinajstić information content (AvgIpc) is 2.62. The zero-order valence-electron chi connectivity index (χ0n) is 12.7. The van der Waals surface area contributed by atoms with E-state index < -0.39 is 14.9 Å². The molecule has 0 saturated heterocycles. The third-order valence-corrected chi connectivity index (χ3v) is 4.45. The topological polar surface area (TPSA) is 110 Å². The molecular formula is C11H21N5O4S. The Bertz CT molecular complexity index is 610. The Balaban J connectivity index is 2.64. The lowest BCUT2D eigenvalue weighted by Gasteiger charge is -2.17. The van der Waals surface area contributed by atoms with E-state index in [4.69, 9.17) is 0 Å². The van der Waals surface area contributed by atoms with Crippen LogP contribution < -0.4 is 5.32 Å². The molecule has 120 valence electrons. The Kier molecular flexibility index (Phi) is 5.67. The van der Waals surface area contributed by atoms with Gasteiger partial charge in [-0.25, -0.2) is 17.4 Å². The summed E-state index contributed by atoms with van der Waals surface area (Å²) in [4.78, 5) is 10.5. The Morgan fingerprint density at radius 2 is 2.10 bits per heavy atom. The third kappa shape index (κ3) is 4.39. The summed E-state index contributed by atoms with van der Waals surface area (Å²) in [5, 5.41) is 18.0. The molecule has 0 aliphatic rings. The Labute approximate surface area is 124 Å². The summed E-state index contributed by atoms with van der Waals surface area (Å²) in [6.07, 6.45) is 1.71. The number of nitrogens with zero attached hydrogens (tertiary/aromatic N) is 4. The molecule has 1 N–H and O–H groups in total. The molecule has 0 fully saturated rings. The number of anilines is 1. The standard InChI is InChI=1S/C11H21N5O4S/c1-5-15(21(4,19)20)8-6-7-12-11-10(16(17)18)9(2)13-14(11)3/h12H,5-8H2,1-4H3. The summed E-state index contributed by atoms with van der Waals surface area (Å²) in [6, 6.07) is 0. The van der Waals surface area contributed by atoms with Gasteiger partial charge in [0.25, 0.3) is 0 Å². The van der Waals surface area contributed by atoms with Gasteiger partial charge in [0, 0.05) is 26.7 Å². The summed E-state index contributed by atoms with van der Waals surface area (Å²) < 4.78 is 25.6. The highest BCUT2D eigenvalue weighted by molar-refractivity contribution is 7.88. The van der Waals surface area contributed by atoms with Crippen molar-refractivity contribution in [1.82, 2.24) is 14.1 Å². The number of aryl methyl sites for hydroxylation is 2. The summed E-state index contributed by atoms with van der Waals surface area (Å²) in [7, 11) is -1.58. The van der Waals surface area contributed by atoms with Gasteiger partial charge in [-0.05, 0) is 13.3 Å². The molecule has 10 heteroatoms. The van der Waals surface area contributed by atoms with Crippen molar-refractivity contribution in [3.63, 3.8) is 0 Å². The van der Waals surface area contributed by atoms with E-state index in [0.717, 1.165) is 0 Å². The summed E-state index contributed by atoms with van der Waals surface area (Å²) >= 11 is 0. The highest BCUT2D eigenvalue weighted by Crippen LogP contribution is 2.26. The molecule has 0 spiro atoms. The second-order valence-electron chi connectivity index (χ2n) is 4.70. The third-order valence-electron chi connectivity index (χ3n) is 3.07. The minimum Gasteiger partial charge on any atom is -0.364 e. The van der Waals surface area contributed by atoms with Gasteiger partial charge in [-0.3, -0.25) is 10.1 Å². The number of hydrogen-bond acceptors (Lipinski definition) is 6. The quantitative estimate of drug-likeness (QED) is 0.429. The molecule has 9 nitrogen and oxygen atoms in total. The molecule has 21 heavy (non-hydrogen) atoms. The number of hydrogen-bond donors (Lipinski definition) is 1. The molecular weight excluding hydrogens is 298 g/mol. The van der Waals surface area contributed by atoms with E-state index in [1.165, 1.54) is 15.2 Å². The van der Waals surface area contributed by atoms with Crippen molar-refractivity contribution < 1.29 is 13.3 Å². The van der Waals surface area contributed by atoms with Gasteiger partial charge in [-0.1, -0.05) is 6.92 Å². The average molecular weight is 319 g/mol. The van der Waals surface area contributed by atoms with Crippen molar-refractivity contribution in [2.75, 3.05) is 31.2 Å². The van der Waals surface area contributed by atoms with Crippen molar-refractivity contribution in [3.8, 4) is 0 Å². The maximum atomic E-state index is 11.4. The number of nitro groups is 1. The monoisotopic (exact) mass is 319 g/mol. The van der Waals surface area contributed by atoms with Crippen LogP contribution in [0.25, 0.3) is 0 Å².